The highest BCUT2D eigenvalue weighted by molar-refractivity contribution is 5.67. The van der Waals surface area contributed by atoms with Crippen molar-refractivity contribution in [3.8, 4) is 11.5 Å². The standard InChI is InChI=1S/C29H45NO6/c1-5-6-7-10-26(35-21(2)31)29(13-8-9-14-29)27(36-22(3)32)28(15-17-30-18-16-28)20-23-11-12-24(33)25(19-23)34-4/h11-12,19,26-27,30,33H,5-10,13-18,20H2,1-4H3/t26-,27+/m1/s1. The van der Waals surface area contributed by atoms with Crippen LogP contribution >= 0.6 is 0 Å². The summed E-state index contributed by atoms with van der Waals surface area (Å²) in [5, 5.41) is 13.6. The van der Waals surface area contributed by atoms with Gasteiger partial charge < -0.3 is 24.6 Å². The second-order valence-corrected chi connectivity index (χ2v) is 10.8. The largest absolute Gasteiger partial charge is 0.504 e. The molecule has 1 aliphatic heterocycles. The van der Waals surface area contributed by atoms with E-state index in [0.717, 1.165) is 82.9 Å². The Labute approximate surface area is 216 Å². The molecule has 1 aromatic rings. The van der Waals surface area contributed by atoms with Crippen LogP contribution in [0.4, 0.5) is 0 Å². The Hall–Kier alpha value is -2.28. The molecule has 7 heteroatoms. The van der Waals surface area contributed by atoms with Gasteiger partial charge in [0.15, 0.2) is 11.5 Å². The molecule has 36 heavy (non-hydrogen) atoms. The molecule has 2 aliphatic rings. The Balaban J connectivity index is 2.09. The smallest absolute Gasteiger partial charge is 0.302 e. The molecule has 202 valence electrons. The first kappa shape index (κ1) is 28.3. The molecule has 0 spiro atoms. The van der Waals surface area contributed by atoms with Gasteiger partial charge in [0, 0.05) is 24.7 Å². The maximum atomic E-state index is 12.6. The number of unbranched alkanes of at least 4 members (excludes halogenated alkanes) is 2. The highest BCUT2D eigenvalue weighted by Gasteiger charge is 2.58. The second kappa shape index (κ2) is 12.8. The van der Waals surface area contributed by atoms with Gasteiger partial charge in [0.1, 0.15) is 12.2 Å². The zero-order valence-electron chi connectivity index (χ0n) is 22.6. The number of phenolic OH excluding ortho intramolecular Hbond substituents is 1. The van der Waals surface area contributed by atoms with Gasteiger partial charge in [-0.1, -0.05) is 38.7 Å². The van der Waals surface area contributed by atoms with Crippen LogP contribution in [0.1, 0.15) is 90.5 Å². The molecule has 0 amide bonds. The van der Waals surface area contributed by atoms with Crippen molar-refractivity contribution >= 4 is 11.9 Å². The van der Waals surface area contributed by atoms with Crippen LogP contribution in [0.15, 0.2) is 18.2 Å². The van der Waals surface area contributed by atoms with E-state index in [9.17, 15) is 14.7 Å². The van der Waals surface area contributed by atoms with Crippen LogP contribution in [-0.2, 0) is 25.5 Å². The zero-order valence-corrected chi connectivity index (χ0v) is 22.6. The van der Waals surface area contributed by atoms with E-state index < -0.39 is 5.41 Å². The van der Waals surface area contributed by atoms with Crippen molar-refractivity contribution in [3.63, 3.8) is 0 Å². The first-order valence-corrected chi connectivity index (χ1v) is 13.7. The third-order valence-electron chi connectivity index (χ3n) is 8.32. The number of esters is 2. The van der Waals surface area contributed by atoms with Gasteiger partial charge in [0.2, 0.25) is 0 Å². The Morgan fingerprint density at radius 2 is 1.69 bits per heavy atom. The molecular formula is C29H45NO6. The Bertz CT molecular complexity index is 873. The summed E-state index contributed by atoms with van der Waals surface area (Å²) in [6, 6.07) is 5.48. The summed E-state index contributed by atoms with van der Waals surface area (Å²) in [6.45, 7) is 6.81. The minimum absolute atomic E-state index is 0.107. The predicted molar refractivity (Wildman–Crippen MR) is 139 cm³/mol. The lowest BCUT2D eigenvalue weighted by Crippen LogP contribution is -2.58. The van der Waals surface area contributed by atoms with Crippen LogP contribution < -0.4 is 10.1 Å². The van der Waals surface area contributed by atoms with Crippen molar-refractivity contribution in [2.75, 3.05) is 20.2 Å². The number of hydrogen-bond donors (Lipinski definition) is 2. The summed E-state index contributed by atoms with van der Waals surface area (Å²) in [5.74, 6) is -0.0154. The fourth-order valence-corrected chi connectivity index (χ4v) is 6.74. The molecule has 1 aromatic carbocycles. The Kier molecular flexibility index (Phi) is 10.1. The topological polar surface area (TPSA) is 94.1 Å². The summed E-state index contributed by atoms with van der Waals surface area (Å²) in [5.41, 5.74) is 0.294. The summed E-state index contributed by atoms with van der Waals surface area (Å²) in [6.07, 6.45) is 9.47. The Morgan fingerprint density at radius 1 is 1.03 bits per heavy atom. The fraction of sp³-hybridized carbons (Fsp3) is 0.724. The molecule has 0 aromatic heterocycles. The van der Waals surface area contributed by atoms with E-state index in [4.69, 9.17) is 14.2 Å². The number of benzene rings is 1. The number of methoxy groups -OCH3 is 1. The van der Waals surface area contributed by atoms with Crippen LogP contribution in [-0.4, -0.2) is 49.5 Å². The van der Waals surface area contributed by atoms with Crippen molar-refractivity contribution in [1.29, 1.82) is 0 Å². The molecule has 0 bridgehead atoms. The number of phenols is 1. The predicted octanol–water partition coefficient (Wildman–Crippen LogP) is 5.32. The van der Waals surface area contributed by atoms with Gasteiger partial charge in [-0.25, -0.2) is 0 Å². The quantitative estimate of drug-likeness (QED) is 0.295. The maximum Gasteiger partial charge on any atom is 0.302 e. The van der Waals surface area contributed by atoms with Gasteiger partial charge in [-0.3, -0.25) is 9.59 Å². The van der Waals surface area contributed by atoms with Crippen LogP contribution in [0.25, 0.3) is 0 Å². The van der Waals surface area contributed by atoms with Crippen molar-refractivity contribution < 1.29 is 28.9 Å². The van der Waals surface area contributed by atoms with E-state index in [1.165, 1.54) is 13.8 Å². The number of rotatable bonds is 12. The molecule has 1 saturated carbocycles. The molecule has 2 atom stereocenters. The molecule has 1 aliphatic carbocycles. The first-order chi connectivity index (χ1) is 17.3. The van der Waals surface area contributed by atoms with Gasteiger partial charge in [0.25, 0.3) is 0 Å². The number of carbonyl (C=O) groups is 2. The van der Waals surface area contributed by atoms with Gasteiger partial charge in [0.05, 0.1) is 7.11 Å². The average Bonchev–Trinajstić information content (AvgIpc) is 3.34. The number of piperidine rings is 1. The Morgan fingerprint density at radius 3 is 2.28 bits per heavy atom. The highest BCUT2D eigenvalue weighted by atomic mass is 16.6. The number of carbonyl (C=O) groups excluding carboxylic acids is 2. The summed E-state index contributed by atoms with van der Waals surface area (Å²) in [7, 11) is 1.55. The number of aromatic hydroxyl groups is 1. The monoisotopic (exact) mass is 503 g/mol. The lowest BCUT2D eigenvalue weighted by molar-refractivity contribution is -0.194. The lowest BCUT2D eigenvalue weighted by atomic mass is 9.58. The molecule has 3 rings (SSSR count). The van der Waals surface area contributed by atoms with E-state index >= 15 is 0 Å². The van der Waals surface area contributed by atoms with Crippen LogP contribution in [0.2, 0.25) is 0 Å². The maximum absolute atomic E-state index is 12.6. The SMILES string of the molecule is CCCCC[C@@H](OC(C)=O)C1([C@@H](OC(C)=O)C2(Cc3ccc(O)c(OC)c3)CCNCC2)CCCC1. The van der Waals surface area contributed by atoms with Crippen molar-refractivity contribution in [1.82, 2.24) is 5.32 Å². The minimum atomic E-state index is -0.413. The molecule has 1 heterocycles. The summed E-state index contributed by atoms with van der Waals surface area (Å²) < 4.78 is 17.8. The van der Waals surface area contributed by atoms with E-state index in [-0.39, 0.29) is 35.3 Å². The average molecular weight is 504 g/mol. The zero-order chi connectivity index (χ0) is 26.2. The van der Waals surface area contributed by atoms with Crippen LogP contribution in [0.5, 0.6) is 11.5 Å². The molecule has 2 N–H and O–H groups in total. The van der Waals surface area contributed by atoms with E-state index in [0.29, 0.717) is 12.2 Å². The molecular weight excluding hydrogens is 458 g/mol. The second-order valence-electron chi connectivity index (χ2n) is 10.8. The minimum Gasteiger partial charge on any atom is -0.504 e. The third-order valence-corrected chi connectivity index (χ3v) is 8.32. The third kappa shape index (κ3) is 6.53. The fourth-order valence-electron chi connectivity index (χ4n) is 6.74. The summed E-state index contributed by atoms with van der Waals surface area (Å²) >= 11 is 0. The number of ether oxygens (including phenoxy) is 3. The van der Waals surface area contributed by atoms with E-state index in [1.54, 1.807) is 13.2 Å². The molecule has 0 unspecified atom stereocenters. The normalized spacial score (nSPS) is 20.3. The molecule has 0 radical (unpaired) electrons. The van der Waals surface area contributed by atoms with Gasteiger partial charge in [-0.05, 0) is 75.7 Å². The van der Waals surface area contributed by atoms with Gasteiger partial charge in [-0.2, -0.15) is 0 Å². The van der Waals surface area contributed by atoms with E-state index in [1.807, 2.05) is 12.1 Å². The molecule has 7 nitrogen and oxygen atoms in total. The first-order valence-electron chi connectivity index (χ1n) is 13.7. The molecule has 2 fully saturated rings. The van der Waals surface area contributed by atoms with Crippen molar-refractivity contribution in [3.05, 3.63) is 23.8 Å². The highest BCUT2D eigenvalue weighted by Crippen LogP contribution is 2.56. The summed E-state index contributed by atoms with van der Waals surface area (Å²) in [4.78, 5) is 24.9. The lowest BCUT2D eigenvalue weighted by Gasteiger charge is -2.53. The van der Waals surface area contributed by atoms with Crippen molar-refractivity contribution in [2.24, 2.45) is 10.8 Å². The van der Waals surface area contributed by atoms with E-state index in [2.05, 4.69) is 12.2 Å². The number of nitrogens with one attached hydrogen (secondary N) is 1. The van der Waals surface area contributed by atoms with Crippen molar-refractivity contribution in [2.45, 2.75) is 104 Å². The van der Waals surface area contributed by atoms with Crippen LogP contribution in [0.3, 0.4) is 0 Å². The number of hydrogen-bond acceptors (Lipinski definition) is 7. The van der Waals surface area contributed by atoms with Gasteiger partial charge in [-0.15, -0.1) is 0 Å². The van der Waals surface area contributed by atoms with Gasteiger partial charge >= 0.3 is 11.9 Å². The molecule has 1 saturated heterocycles. The van der Waals surface area contributed by atoms with Crippen LogP contribution in [0, 0.1) is 10.8 Å².